The van der Waals surface area contributed by atoms with Crippen LogP contribution in [0.3, 0.4) is 0 Å². The summed E-state index contributed by atoms with van der Waals surface area (Å²) < 4.78 is 0. The van der Waals surface area contributed by atoms with Crippen molar-refractivity contribution < 1.29 is 4.79 Å². The van der Waals surface area contributed by atoms with Gasteiger partial charge in [0, 0.05) is 0 Å². The molecule has 0 aromatic rings. The SMILES string of the molecule is CN.NC1(C=O)CCCC2=C1C=CCC=C2. The maximum Gasteiger partial charge on any atom is 0.144 e. The second-order valence-electron chi connectivity index (χ2n) is 3.99. The molecule has 0 saturated carbocycles. The van der Waals surface area contributed by atoms with Crippen molar-refractivity contribution in [3.05, 3.63) is 35.5 Å². The first kappa shape index (κ1) is 12.9. The fourth-order valence-electron chi connectivity index (χ4n) is 2.17. The Morgan fingerprint density at radius 3 is 2.69 bits per heavy atom. The molecule has 16 heavy (non-hydrogen) atoms. The van der Waals surface area contributed by atoms with Gasteiger partial charge in [-0.15, -0.1) is 0 Å². The van der Waals surface area contributed by atoms with Gasteiger partial charge in [0.15, 0.2) is 0 Å². The third-order valence-corrected chi connectivity index (χ3v) is 2.97. The van der Waals surface area contributed by atoms with Gasteiger partial charge in [-0.2, -0.15) is 0 Å². The van der Waals surface area contributed by atoms with Crippen LogP contribution >= 0.6 is 0 Å². The molecular weight excluding hydrogens is 200 g/mol. The minimum atomic E-state index is -0.737. The van der Waals surface area contributed by atoms with E-state index in [9.17, 15) is 4.79 Å². The number of hydrogen-bond donors (Lipinski definition) is 2. The van der Waals surface area contributed by atoms with Gasteiger partial charge in [0.1, 0.15) is 6.29 Å². The summed E-state index contributed by atoms with van der Waals surface area (Å²) in [4.78, 5) is 11.0. The molecule has 0 fully saturated rings. The number of aldehydes is 1. The lowest BCUT2D eigenvalue weighted by Crippen LogP contribution is -2.45. The average Bonchev–Trinajstić information content (AvgIpc) is 2.58. The normalized spacial score (nSPS) is 27.7. The number of nitrogens with two attached hydrogens (primary N) is 2. The molecule has 0 aromatic carbocycles. The minimum absolute atomic E-state index is 0.737. The summed E-state index contributed by atoms with van der Waals surface area (Å²) in [5.74, 6) is 0. The molecule has 2 rings (SSSR count). The molecule has 2 aliphatic rings. The summed E-state index contributed by atoms with van der Waals surface area (Å²) in [6.45, 7) is 0. The van der Waals surface area contributed by atoms with Gasteiger partial charge in [0.25, 0.3) is 0 Å². The largest absolute Gasteiger partial charge is 0.333 e. The molecule has 4 N–H and O–H groups in total. The number of carbonyl (C=O) groups is 1. The van der Waals surface area contributed by atoms with E-state index < -0.39 is 5.54 Å². The molecule has 0 spiro atoms. The molecule has 0 bridgehead atoms. The van der Waals surface area contributed by atoms with E-state index in [1.165, 1.54) is 12.6 Å². The van der Waals surface area contributed by atoms with Crippen molar-refractivity contribution in [3.63, 3.8) is 0 Å². The topological polar surface area (TPSA) is 69.1 Å². The highest BCUT2D eigenvalue weighted by Gasteiger charge is 2.32. The summed E-state index contributed by atoms with van der Waals surface area (Å²) in [5.41, 5.74) is 12.1. The molecule has 1 atom stereocenters. The maximum absolute atomic E-state index is 11.0. The van der Waals surface area contributed by atoms with Crippen LogP contribution in [0.2, 0.25) is 0 Å². The van der Waals surface area contributed by atoms with Gasteiger partial charge in [-0.05, 0) is 43.9 Å². The first-order valence-electron chi connectivity index (χ1n) is 5.66. The van der Waals surface area contributed by atoms with Crippen LogP contribution in [0.1, 0.15) is 25.7 Å². The molecular formula is C13H20N2O. The third kappa shape index (κ3) is 2.49. The van der Waals surface area contributed by atoms with E-state index in [0.29, 0.717) is 0 Å². The Hall–Kier alpha value is -1.19. The van der Waals surface area contributed by atoms with E-state index >= 15 is 0 Å². The summed E-state index contributed by atoms with van der Waals surface area (Å²) in [6.07, 6.45) is 13.0. The lowest BCUT2D eigenvalue weighted by atomic mass is 9.78. The Kier molecular flexibility index (Phi) is 4.65. The first-order valence-corrected chi connectivity index (χ1v) is 5.66. The number of carbonyl (C=O) groups excluding carboxylic acids is 1. The standard InChI is InChI=1S/C12H15NO.CH5N/c13-12(9-14)8-4-6-10-5-2-1-3-7-11(10)12;1-2/h2-3,5,7,9H,1,4,6,8,13H2;2H2,1H3. The van der Waals surface area contributed by atoms with Crippen molar-refractivity contribution in [2.24, 2.45) is 11.5 Å². The predicted molar refractivity (Wildman–Crippen MR) is 66.9 cm³/mol. The van der Waals surface area contributed by atoms with E-state index in [0.717, 1.165) is 37.5 Å². The summed E-state index contributed by atoms with van der Waals surface area (Å²) in [6, 6.07) is 0. The molecule has 0 aromatic heterocycles. The Bertz CT molecular complexity index is 342. The highest BCUT2D eigenvalue weighted by atomic mass is 16.1. The van der Waals surface area contributed by atoms with Crippen molar-refractivity contribution in [2.45, 2.75) is 31.2 Å². The van der Waals surface area contributed by atoms with Gasteiger partial charge in [0.2, 0.25) is 0 Å². The second kappa shape index (κ2) is 5.77. The smallest absolute Gasteiger partial charge is 0.144 e. The summed E-state index contributed by atoms with van der Waals surface area (Å²) in [7, 11) is 1.50. The van der Waals surface area contributed by atoms with E-state index in [1.807, 2.05) is 6.08 Å². The fourth-order valence-corrected chi connectivity index (χ4v) is 2.17. The molecule has 0 aliphatic heterocycles. The Balaban J connectivity index is 0.000000606. The van der Waals surface area contributed by atoms with Crippen LogP contribution in [-0.4, -0.2) is 18.9 Å². The average molecular weight is 220 g/mol. The van der Waals surface area contributed by atoms with Gasteiger partial charge in [-0.1, -0.05) is 24.3 Å². The molecule has 0 saturated heterocycles. The van der Waals surface area contributed by atoms with E-state index in [-0.39, 0.29) is 0 Å². The fraction of sp³-hybridized carbons (Fsp3) is 0.462. The van der Waals surface area contributed by atoms with Gasteiger partial charge in [0.05, 0.1) is 5.54 Å². The Labute approximate surface area is 96.9 Å². The maximum atomic E-state index is 11.0. The van der Waals surface area contributed by atoms with Crippen molar-refractivity contribution in [2.75, 3.05) is 7.05 Å². The zero-order valence-corrected chi connectivity index (χ0v) is 9.78. The molecule has 0 heterocycles. The Morgan fingerprint density at radius 2 is 2.00 bits per heavy atom. The van der Waals surface area contributed by atoms with Crippen LogP contribution in [0.15, 0.2) is 35.5 Å². The number of hydrogen-bond acceptors (Lipinski definition) is 3. The lowest BCUT2D eigenvalue weighted by molar-refractivity contribution is -0.111. The van der Waals surface area contributed by atoms with Crippen molar-refractivity contribution >= 4 is 6.29 Å². The zero-order chi connectivity index (χ0) is 12.0. The molecule has 88 valence electrons. The van der Waals surface area contributed by atoms with Crippen molar-refractivity contribution in [1.29, 1.82) is 0 Å². The van der Waals surface area contributed by atoms with Crippen LogP contribution in [0.5, 0.6) is 0 Å². The van der Waals surface area contributed by atoms with Crippen LogP contribution in [0.25, 0.3) is 0 Å². The van der Waals surface area contributed by atoms with Crippen LogP contribution < -0.4 is 11.5 Å². The molecule has 1 unspecified atom stereocenters. The number of rotatable bonds is 1. The van der Waals surface area contributed by atoms with E-state index in [4.69, 9.17) is 5.73 Å². The zero-order valence-electron chi connectivity index (χ0n) is 9.78. The second-order valence-corrected chi connectivity index (χ2v) is 3.99. The van der Waals surface area contributed by atoms with Gasteiger partial charge in [-0.3, -0.25) is 0 Å². The Morgan fingerprint density at radius 1 is 1.31 bits per heavy atom. The van der Waals surface area contributed by atoms with Gasteiger partial charge in [-0.25, -0.2) is 0 Å². The molecule has 0 amide bonds. The van der Waals surface area contributed by atoms with E-state index in [2.05, 4.69) is 24.0 Å². The highest BCUT2D eigenvalue weighted by molar-refractivity contribution is 5.73. The van der Waals surface area contributed by atoms with E-state index in [1.54, 1.807) is 0 Å². The van der Waals surface area contributed by atoms with Gasteiger partial charge >= 0.3 is 0 Å². The van der Waals surface area contributed by atoms with Crippen molar-refractivity contribution in [3.8, 4) is 0 Å². The lowest BCUT2D eigenvalue weighted by Gasteiger charge is -2.30. The minimum Gasteiger partial charge on any atom is -0.333 e. The quantitative estimate of drug-likeness (QED) is 0.657. The number of allylic oxidation sites excluding steroid dienone is 4. The highest BCUT2D eigenvalue weighted by Crippen LogP contribution is 2.33. The van der Waals surface area contributed by atoms with Gasteiger partial charge < -0.3 is 16.3 Å². The predicted octanol–water partition coefficient (Wildman–Crippen LogP) is 1.45. The molecule has 3 heteroatoms. The molecule has 0 radical (unpaired) electrons. The molecule has 3 nitrogen and oxygen atoms in total. The third-order valence-electron chi connectivity index (χ3n) is 2.97. The van der Waals surface area contributed by atoms with Crippen molar-refractivity contribution in [1.82, 2.24) is 0 Å². The summed E-state index contributed by atoms with van der Waals surface area (Å²) >= 11 is 0. The van der Waals surface area contributed by atoms with Crippen LogP contribution in [0.4, 0.5) is 0 Å². The molecule has 2 aliphatic carbocycles. The first-order chi connectivity index (χ1) is 7.76. The summed E-state index contributed by atoms with van der Waals surface area (Å²) in [5, 5.41) is 0. The van der Waals surface area contributed by atoms with Crippen LogP contribution in [-0.2, 0) is 4.79 Å². The monoisotopic (exact) mass is 220 g/mol. The van der Waals surface area contributed by atoms with Crippen LogP contribution in [0, 0.1) is 0 Å².